The lowest BCUT2D eigenvalue weighted by Crippen LogP contribution is -2.45. The molecule has 0 bridgehead atoms. The van der Waals surface area contributed by atoms with E-state index in [1.807, 2.05) is 0 Å². The molecule has 2 heterocycles. The summed E-state index contributed by atoms with van der Waals surface area (Å²) >= 11 is 0. The normalized spacial score (nSPS) is 24.6. The van der Waals surface area contributed by atoms with Gasteiger partial charge in [0.2, 0.25) is 0 Å². The fraction of sp³-hybridized carbons (Fsp3) is 0.647. The van der Waals surface area contributed by atoms with Crippen LogP contribution in [0.15, 0.2) is 24.3 Å². The number of piperazine rings is 1. The third kappa shape index (κ3) is 3.09. The van der Waals surface area contributed by atoms with Crippen molar-refractivity contribution in [1.29, 1.82) is 0 Å². The van der Waals surface area contributed by atoms with Gasteiger partial charge in [-0.05, 0) is 38.7 Å². The van der Waals surface area contributed by atoms with Gasteiger partial charge in [0, 0.05) is 32.7 Å². The Bertz CT molecular complexity index is 511. The molecule has 5 heteroatoms. The Hall–Kier alpha value is -0.875. The zero-order chi connectivity index (χ0) is 15.8. The quantitative estimate of drug-likeness (QED) is 0.856. The number of nitrogens with one attached hydrogen (secondary N) is 1. The molecule has 0 aromatic heterocycles. The second-order valence-corrected chi connectivity index (χ2v) is 7.31. The highest BCUT2D eigenvalue weighted by Crippen LogP contribution is 2.36. The van der Waals surface area contributed by atoms with Crippen molar-refractivity contribution in [1.82, 2.24) is 10.2 Å². The van der Waals surface area contributed by atoms with E-state index in [9.17, 15) is 0 Å². The molecule has 0 saturated carbocycles. The van der Waals surface area contributed by atoms with Crippen LogP contribution < -0.4 is 10.8 Å². The molecular formula is C17H27BN2O2. The van der Waals surface area contributed by atoms with Crippen LogP contribution in [0.4, 0.5) is 0 Å². The SMILES string of the molecule is CC1(C)OB(c2ccccc2CN2CCNCC2)OC1(C)C. The second kappa shape index (κ2) is 5.97. The summed E-state index contributed by atoms with van der Waals surface area (Å²) in [5.74, 6) is 0. The van der Waals surface area contributed by atoms with Gasteiger partial charge in [-0.25, -0.2) is 0 Å². The molecule has 1 aromatic rings. The van der Waals surface area contributed by atoms with Gasteiger partial charge in [-0.1, -0.05) is 24.3 Å². The third-order valence-electron chi connectivity index (χ3n) is 5.17. The lowest BCUT2D eigenvalue weighted by atomic mass is 9.76. The molecule has 2 saturated heterocycles. The highest BCUT2D eigenvalue weighted by molar-refractivity contribution is 6.62. The van der Waals surface area contributed by atoms with Crippen molar-refractivity contribution < 1.29 is 9.31 Å². The van der Waals surface area contributed by atoms with Crippen molar-refractivity contribution in [3.63, 3.8) is 0 Å². The molecule has 120 valence electrons. The van der Waals surface area contributed by atoms with Gasteiger partial charge in [0.05, 0.1) is 11.2 Å². The van der Waals surface area contributed by atoms with Gasteiger partial charge >= 0.3 is 7.12 Å². The Morgan fingerprint density at radius 1 is 1.05 bits per heavy atom. The van der Waals surface area contributed by atoms with Gasteiger partial charge in [-0.3, -0.25) is 4.90 Å². The first-order valence-corrected chi connectivity index (χ1v) is 8.26. The fourth-order valence-corrected chi connectivity index (χ4v) is 2.99. The Kier molecular flexibility index (Phi) is 4.34. The van der Waals surface area contributed by atoms with Crippen LogP contribution in [-0.4, -0.2) is 49.4 Å². The Morgan fingerprint density at radius 3 is 2.27 bits per heavy atom. The predicted molar refractivity (Wildman–Crippen MR) is 90.3 cm³/mol. The smallest absolute Gasteiger partial charge is 0.399 e. The molecule has 3 rings (SSSR count). The first-order chi connectivity index (χ1) is 10.4. The standard InChI is InChI=1S/C17H27BN2O2/c1-16(2)17(3,4)22-18(21-16)15-8-6-5-7-14(15)13-20-11-9-19-10-12-20/h5-8,19H,9-13H2,1-4H3. The second-order valence-electron chi connectivity index (χ2n) is 7.31. The summed E-state index contributed by atoms with van der Waals surface area (Å²) in [6.45, 7) is 13.7. The Balaban J connectivity index is 1.80. The van der Waals surface area contributed by atoms with Crippen LogP contribution in [0.1, 0.15) is 33.3 Å². The van der Waals surface area contributed by atoms with Crippen molar-refractivity contribution in [2.45, 2.75) is 45.4 Å². The molecule has 22 heavy (non-hydrogen) atoms. The van der Waals surface area contributed by atoms with E-state index in [1.165, 1.54) is 11.0 Å². The maximum atomic E-state index is 6.23. The molecule has 0 atom stereocenters. The van der Waals surface area contributed by atoms with E-state index in [0.29, 0.717) is 0 Å². The average Bonchev–Trinajstić information content (AvgIpc) is 2.69. The van der Waals surface area contributed by atoms with Gasteiger partial charge in [-0.15, -0.1) is 0 Å². The van der Waals surface area contributed by atoms with Gasteiger partial charge < -0.3 is 14.6 Å². The molecule has 1 N–H and O–H groups in total. The lowest BCUT2D eigenvalue weighted by molar-refractivity contribution is 0.00578. The zero-order valence-electron chi connectivity index (χ0n) is 14.2. The lowest BCUT2D eigenvalue weighted by Gasteiger charge is -2.32. The van der Waals surface area contributed by atoms with E-state index in [4.69, 9.17) is 9.31 Å². The van der Waals surface area contributed by atoms with Crippen LogP contribution in [0.2, 0.25) is 0 Å². The summed E-state index contributed by atoms with van der Waals surface area (Å²) in [6, 6.07) is 8.51. The molecule has 0 aliphatic carbocycles. The molecule has 1 aromatic carbocycles. The number of hydrogen-bond acceptors (Lipinski definition) is 4. The minimum atomic E-state index is -0.292. The maximum absolute atomic E-state index is 6.23. The Labute approximate surface area is 134 Å². The largest absolute Gasteiger partial charge is 0.495 e. The molecule has 2 aliphatic rings. The maximum Gasteiger partial charge on any atom is 0.495 e. The molecule has 2 aliphatic heterocycles. The van der Waals surface area contributed by atoms with Gasteiger partial charge in [-0.2, -0.15) is 0 Å². The number of rotatable bonds is 3. The average molecular weight is 302 g/mol. The summed E-state index contributed by atoms with van der Waals surface area (Å²) in [5, 5.41) is 3.40. The fourth-order valence-electron chi connectivity index (χ4n) is 2.99. The van der Waals surface area contributed by atoms with E-state index in [0.717, 1.165) is 32.7 Å². The van der Waals surface area contributed by atoms with Crippen molar-refractivity contribution >= 4 is 12.6 Å². The summed E-state index contributed by atoms with van der Waals surface area (Å²) < 4.78 is 12.5. The van der Waals surface area contributed by atoms with E-state index in [2.05, 4.69) is 62.2 Å². The van der Waals surface area contributed by atoms with E-state index in [-0.39, 0.29) is 18.3 Å². The van der Waals surface area contributed by atoms with Crippen LogP contribution in [0.3, 0.4) is 0 Å². The zero-order valence-corrected chi connectivity index (χ0v) is 14.2. The number of nitrogens with zero attached hydrogens (tertiary/aromatic N) is 1. The summed E-state index contributed by atoms with van der Waals surface area (Å²) in [4.78, 5) is 2.49. The molecule has 0 unspecified atom stereocenters. The Morgan fingerprint density at radius 2 is 1.64 bits per heavy atom. The monoisotopic (exact) mass is 302 g/mol. The summed E-state index contributed by atoms with van der Waals surface area (Å²) in [7, 11) is -0.274. The van der Waals surface area contributed by atoms with Gasteiger partial charge in [0.25, 0.3) is 0 Å². The third-order valence-corrected chi connectivity index (χ3v) is 5.17. The highest BCUT2D eigenvalue weighted by atomic mass is 16.7. The van der Waals surface area contributed by atoms with E-state index in [1.54, 1.807) is 0 Å². The van der Waals surface area contributed by atoms with Crippen LogP contribution in [-0.2, 0) is 15.9 Å². The van der Waals surface area contributed by atoms with E-state index >= 15 is 0 Å². The van der Waals surface area contributed by atoms with Crippen LogP contribution in [0, 0.1) is 0 Å². The van der Waals surface area contributed by atoms with Crippen LogP contribution in [0.25, 0.3) is 0 Å². The van der Waals surface area contributed by atoms with Gasteiger partial charge in [0.1, 0.15) is 0 Å². The van der Waals surface area contributed by atoms with Crippen molar-refractivity contribution in [3.05, 3.63) is 29.8 Å². The molecule has 0 amide bonds. The number of benzene rings is 1. The highest BCUT2D eigenvalue weighted by Gasteiger charge is 2.52. The minimum absolute atomic E-state index is 0.274. The minimum Gasteiger partial charge on any atom is -0.399 e. The van der Waals surface area contributed by atoms with Crippen molar-refractivity contribution in [2.24, 2.45) is 0 Å². The first-order valence-electron chi connectivity index (χ1n) is 8.26. The molecule has 0 spiro atoms. The van der Waals surface area contributed by atoms with Crippen LogP contribution in [0.5, 0.6) is 0 Å². The molecule has 4 nitrogen and oxygen atoms in total. The summed E-state index contributed by atoms with van der Waals surface area (Å²) in [6.07, 6.45) is 0. The molecule has 2 fully saturated rings. The number of hydrogen-bond donors (Lipinski definition) is 1. The van der Waals surface area contributed by atoms with E-state index < -0.39 is 0 Å². The first kappa shape index (κ1) is 16.0. The molecular weight excluding hydrogens is 275 g/mol. The van der Waals surface area contributed by atoms with Gasteiger partial charge in [0.15, 0.2) is 0 Å². The summed E-state index contributed by atoms with van der Waals surface area (Å²) in [5.41, 5.74) is 1.89. The van der Waals surface area contributed by atoms with Crippen molar-refractivity contribution in [2.75, 3.05) is 26.2 Å². The predicted octanol–water partition coefficient (Wildman–Crippen LogP) is 1.39. The van der Waals surface area contributed by atoms with Crippen LogP contribution >= 0.6 is 0 Å². The van der Waals surface area contributed by atoms with Crippen molar-refractivity contribution in [3.8, 4) is 0 Å². The topological polar surface area (TPSA) is 33.7 Å². The molecule has 0 radical (unpaired) electrons.